The predicted molar refractivity (Wildman–Crippen MR) is 252 cm³/mol. The van der Waals surface area contributed by atoms with Crippen molar-refractivity contribution in [1.29, 1.82) is 0 Å². The molecule has 0 fully saturated rings. The minimum Gasteiger partial charge on any atom is -0.228 e. The van der Waals surface area contributed by atoms with E-state index in [0.29, 0.717) is 5.82 Å². The Morgan fingerprint density at radius 2 is 0.726 bits per heavy atom. The summed E-state index contributed by atoms with van der Waals surface area (Å²) in [5, 5.41) is 0. The lowest BCUT2D eigenvalue weighted by molar-refractivity contribution is 0.636. The molecule has 9 aromatic carbocycles. The normalized spacial score (nSPS) is 17.2. The van der Waals surface area contributed by atoms with Crippen LogP contribution in [0.15, 0.2) is 231 Å². The fourth-order valence-electron chi connectivity index (χ4n) is 11.3. The molecule has 288 valence electrons. The van der Waals surface area contributed by atoms with Gasteiger partial charge in [-0.2, -0.15) is 0 Å². The summed E-state index contributed by atoms with van der Waals surface area (Å²) in [5.74, 6) is 0.713. The van der Waals surface area contributed by atoms with Crippen LogP contribution in [0.2, 0.25) is 0 Å². The number of hydrogen-bond donors (Lipinski definition) is 0. The van der Waals surface area contributed by atoms with Crippen LogP contribution >= 0.6 is 0 Å². The number of benzene rings is 9. The van der Waals surface area contributed by atoms with E-state index >= 15 is 0 Å². The van der Waals surface area contributed by atoms with Crippen LogP contribution in [-0.4, -0.2) is 9.97 Å². The lowest BCUT2D eigenvalue weighted by Crippen LogP contribution is -2.43. The van der Waals surface area contributed by atoms with Gasteiger partial charge in [0.2, 0.25) is 0 Å². The first-order chi connectivity index (χ1) is 30.7. The Hall–Kier alpha value is -7.94. The standard InChI is InChI=1S/C60H38N2/c1-4-18-39(19-5-1)55-38-56(62-58(61-55)40-20-6-2-7-21-40)43-23-16-22-41(36-43)42-34-35-47-45-26-10-13-30-50(45)60(54(47)37-42)52-32-15-14-31-51(52)59(44-24-8-3-9-25-44)49-29-12-11-27-46(49)48-28-17-33-53(60)57(48)59/h1-38H. The molecule has 1 aromatic heterocycles. The van der Waals surface area contributed by atoms with Gasteiger partial charge in [-0.25, -0.2) is 9.97 Å². The van der Waals surface area contributed by atoms with Gasteiger partial charge in [0.05, 0.1) is 22.2 Å². The van der Waals surface area contributed by atoms with E-state index in [1.807, 2.05) is 24.3 Å². The monoisotopic (exact) mass is 786 g/mol. The van der Waals surface area contributed by atoms with Gasteiger partial charge in [0, 0.05) is 16.7 Å². The van der Waals surface area contributed by atoms with E-state index in [9.17, 15) is 0 Å². The first kappa shape index (κ1) is 34.9. The Balaban J connectivity index is 1.05. The first-order valence-electron chi connectivity index (χ1n) is 21.5. The van der Waals surface area contributed by atoms with Crippen molar-refractivity contribution in [1.82, 2.24) is 9.97 Å². The average molecular weight is 787 g/mol. The molecule has 0 aliphatic heterocycles. The molecule has 0 bridgehead atoms. The van der Waals surface area contributed by atoms with Crippen LogP contribution in [-0.2, 0) is 10.8 Å². The molecule has 0 radical (unpaired) electrons. The molecule has 0 saturated heterocycles. The average Bonchev–Trinajstić information content (AvgIpc) is 3.83. The fraction of sp³-hybridized carbons (Fsp3) is 0.0333. The molecule has 0 saturated carbocycles. The molecule has 3 aliphatic rings. The molecule has 2 atom stereocenters. The van der Waals surface area contributed by atoms with E-state index in [1.165, 1.54) is 72.3 Å². The summed E-state index contributed by atoms with van der Waals surface area (Å²) in [7, 11) is 0. The van der Waals surface area contributed by atoms with E-state index in [-0.39, 0.29) is 0 Å². The second kappa shape index (κ2) is 13.3. The number of aromatic nitrogens is 2. The molecule has 2 heteroatoms. The van der Waals surface area contributed by atoms with Gasteiger partial charge >= 0.3 is 0 Å². The summed E-state index contributed by atoms with van der Waals surface area (Å²) in [6.45, 7) is 0. The summed E-state index contributed by atoms with van der Waals surface area (Å²) in [6.07, 6.45) is 0. The van der Waals surface area contributed by atoms with E-state index in [0.717, 1.165) is 33.6 Å². The largest absolute Gasteiger partial charge is 0.228 e. The molecule has 2 unspecified atom stereocenters. The van der Waals surface area contributed by atoms with Crippen molar-refractivity contribution < 1.29 is 0 Å². The molecule has 0 amide bonds. The van der Waals surface area contributed by atoms with Crippen LogP contribution in [0.1, 0.15) is 44.5 Å². The Bertz CT molecular complexity index is 3350. The predicted octanol–water partition coefficient (Wildman–Crippen LogP) is 14.2. The van der Waals surface area contributed by atoms with Gasteiger partial charge in [0.1, 0.15) is 0 Å². The highest BCUT2D eigenvalue weighted by molar-refractivity contribution is 5.96. The highest BCUT2D eigenvalue weighted by Crippen LogP contribution is 2.68. The summed E-state index contributed by atoms with van der Waals surface area (Å²) in [4.78, 5) is 10.3. The number of nitrogens with zero attached hydrogens (tertiary/aromatic N) is 2. The molecular formula is C60H38N2. The second-order valence-electron chi connectivity index (χ2n) is 16.8. The lowest BCUT2D eigenvalue weighted by Gasteiger charge is -2.48. The third kappa shape index (κ3) is 4.69. The van der Waals surface area contributed by atoms with Crippen LogP contribution < -0.4 is 0 Å². The highest BCUT2D eigenvalue weighted by Gasteiger charge is 2.59. The quantitative estimate of drug-likeness (QED) is 0.174. The summed E-state index contributed by atoms with van der Waals surface area (Å²) >= 11 is 0. The van der Waals surface area contributed by atoms with E-state index in [4.69, 9.17) is 9.97 Å². The topological polar surface area (TPSA) is 25.8 Å². The van der Waals surface area contributed by atoms with Crippen LogP contribution in [0.25, 0.3) is 67.3 Å². The third-order valence-corrected chi connectivity index (χ3v) is 13.8. The summed E-state index contributed by atoms with van der Waals surface area (Å²) < 4.78 is 0. The minimum atomic E-state index is -0.552. The zero-order chi connectivity index (χ0) is 40.8. The molecule has 1 spiro atoms. The Kier molecular flexibility index (Phi) is 7.47. The molecule has 3 aliphatic carbocycles. The Morgan fingerprint density at radius 1 is 0.258 bits per heavy atom. The fourth-order valence-corrected chi connectivity index (χ4v) is 11.3. The van der Waals surface area contributed by atoms with E-state index in [1.54, 1.807) is 0 Å². The van der Waals surface area contributed by atoms with Crippen LogP contribution in [0.3, 0.4) is 0 Å². The van der Waals surface area contributed by atoms with Crippen molar-refractivity contribution in [3.8, 4) is 67.3 Å². The van der Waals surface area contributed by atoms with Crippen LogP contribution in [0, 0.1) is 0 Å². The number of rotatable bonds is 5. The Morgan fingerprint density at radius 3 is 1.45 bits per heavy atom. The number of fused-ring (bicyclic) bond motifs is 12. The van der Waals surface area contributed by atoms with E-state index in [2.05, 4.69) is 206 Å². The van der Waals surface area contributed by atoms with Crippen molar-refractivity contribution in [3.63, 3.8) is 0 Å². The molecular weight excluding hydrogens is 749 g/mol. The van der Waals surface area contributed by atoms with Gasteiger partial charge < -0.3 is 0 Å². The minimum absolute atomic E-state index is 0.468. The van der Waals surface area contributed by atoms with Crippen molar-refractivity contribution in [3.05, 3.63) is 275 Å². The summed E-state index contributed by atoms with van der Waals surface area (Å²) in [6, 6.07) is 84.7. The maximum atomic E-state index is 5.20. The first-order valence-corrected chi connectivity index (χ1v) is 21.5. The third-order valence-electron chi connectivity index (χ3n) is 13.8. The number of hydrogen-bond acceptors (Lipinski definition) is 2. The molecule has 1 heterocycles. The van der Waals surface area contributed by atoms with Crippen LogP contribution in [0.4, 0.5) is 0 Å². The van der Waals surface area contributed by atoms with Crippen molar-refractivity contribution >= 4 is 0 Å². The van der Waals surface area contributed by atoms with Gasteiger partial charge in [-0.05, 0) is 96.1 Å². The van der Waals surface area contributed by atoms with Gasteiger partial charge in [0.15, 0.2) is 5.82 Å². The van der Waals surface area contributed by atoms with Gasteiger partial charge in [-0.1, -0.05) is 212 Å². The molecule has 13 rings (SSSR count). The SMILES string of the molecule is c1ccc(-c2cc(-c3cccc(-c4ccc5c(c4)C4(c6ccccc6-5)c5ccccc5C5(c6ccccc6)c6ccccc6-c6cccc4c65)c3)nc(-c3ccccc3)n2)cc1. The van der Waals surface area contributed by atoms with Gasteiger partial charge in [-0.15, -0.1) is 0 Å². The van der Waals surface area contributed by atoms with E-state index < -0.39 is 10.8 Å². The van der Waals surface area contributed by atoms with Crippen molar-refractivity contribution in [2.45, 2.75) is 10.8 Å². The van der Waals surface area contributed by atoms with Gasteiger partial charge in [0.25, 0.3) is 0 Å². The Labute approximate surface area is 361 Å². The van der Waals surface area contributed by atoms with Crippen LogP contribution in [0.5, 0.6) is 0 Å². The van der Waals surface area contributed by atoms with Crippen molar-refractivity contribution in [2.24, 2.45) is 0 Å². The lowest BCUT2D eigenvalue weighted by atomic mass is 9.52. The molecule has 0 N–H and O–H groups in total. The smallest absolute Gasteiger partial charge is 0.160 e. The van der Waals surface area contributed by atoms with Crippen molar-refractivity contribution in [2.75, 3.05) is 0 Å². The maximum absolute atomic E-state index is 5.20. The molecule has 10 aromatic rings. The summed E-state index contributed by atoms with van der Waals surface area (Å²) in [5.41, 5.74) is 22.1. The zero-order valence-electron chi connectivity index (χ0n) is 33.8. The van der Waals surface area contributed by atoms with Gasteiger partial charge in [-0.3, -0.25) is 0 Å². The zero-order valence-corrected chi connectivity index (χ0v) is 33.8. The highest BCUT2D eigenvalue weighted by atomic mass is 14.9. The second-order valence-corrected chi connectivity index (χ2v) is 16.8. The maximum Gasteiger partial charge on any atom is 0.160 e. The molecule has 62 heavy (non-hydrogen) atoms. The molecule has 2 nitrogen and oxygen atoms in total.